The van der Waals surface area contributed by atoms with Crippen LogP contribution in [0.3, 0.4) is 0 Å². The number of aliphatic imine (C=N–C) groups is 1. The van der Waals surface area contributed by atoms with Crippen molar-refractivity contribution in [2.45, 2.75) is 43.5 Å². The smallest absolute Gasteiger partial charge is 0.384 e. The minimum atomic E-state index is -4.54. The van der Waals surface area contributed by atoms with E-state index in [9.17, 15) is 13.2 Å². The number of allylic oxidation sites excluding steroid dienone is 2. The van der Waals surface area contributed by atoms with E-state index in [0.29, 0.717) is 29.7 Å². The second-order valence-electron chi connectivity index (χ2n) is 7.56. The van der Waals surface area contributed by atoms with Gasteiger partial charge in [-0.25, -0.2) is 15.0 Å². The molecule has 1 unspecified atom stereocenters. The first-order chi connectivity index (χ1) is 14.7. The summed E-state index contributed by atoms with van der Waals surface area (Å²) in [5.74, 6) is 2.31. The molecule has 0 spiro atoms. The molecule has 11 heteroatoms. The molecule has 31 heavy (non-hydrogen) atoms. The van der Waals surface area contributed by atoms with Gasteiger partial charge in [-0.1, -0.05) is 18.7 Å². The lowest BCUT2D eigenvalue weighted by atomic mass is 10.1. The summed E-state index contributed by atoms with van der Waals surface area (Å²) in [4.78, 5) is 14.8. The van der Waals surface area contributed by atoms with E-state index < -0.39 is 11.7 Å². The molecule has 0 saturated heterocycles. The Labute approximate surface area is 182 Å². The van der Waals surface area contributed by atoms with Crippen LogP contribution in [0.5, 0.6) is 0 Å². The van der Waals surface area contributed by atoms with Gasteiger partial charge in [0.15, 0.2) is 17.8 Å². The molecular formula is C20H23F3N6OS. The summed E-state index contributed by atoms with van der Waals surface area (Å²) in [6.45, 7) is 5.69. The summed E-state index contributed by atoms with van der Waals surface area (Å²) in [6, 6.07) is 0. The van der Waals surface area contributed by atoms with Gasteiger partial charge in [-0.05, 0) is 24.7 Å². The number of aromatic nitrogens is 2. The van der Waals surface area contributed by atoms with Crippen LogP contribution in [0.2, 0.25) is 0 Å². The molecule has 0 aromatic carbocycles. The van der Waals surface area contributed by atoms with Crippen molar-refractivity contribution in [2.24, 2.45) is 28.2 Å². The molecule has 1 aromatic heterocycles. The van der Waals surface area contributed by atoms with Gasteiger partial charge < -0.3 is 9.40 Å². The SMILES string of the molecule is C=C1/C=C(C(F)(F)F)\C=N/N(C)/C(c2nc(C3CC(C4CC4)=NO3)n(C)c2SCC)=N\1. The number of hydrogen-bond donors (Lipinski definition) is 0. The van der Waals surface area contributed by atoms with Crippen LogP contribution in [0.4, 0.5) is 13.2 Å². The molecule has 166 valence electrons. The molecule has 3 aliphatic rings. The van der Waals surface area contributed by atoms with E-state index in [1.165, 1.54) is 12.1 Å². The van der Waals surface area contributed by atoms with E-state index in [2.05, 4.69) is 21.8 Å². The maximum Gasteiger partial charge on any atom is 0.418 e. The van der Waals surface area contributed by atoms with Gasteiger partial charge in [-0.3, -0.25) is 0 Å². The van der Waals surface area contributed by atoms with Crippen molar-refractivity contribution in [1.82, 2.24) is 14.6 Å². The van der Waals surface area contributed by atoms with Crippen molar-refractivity contribution >= 4 is 29.5 Å². The molecule has 0 amide bonds. The van der Waals surface area contributed by atoms with E-state index in [0.717, 1.165) is 41.6 Å². The monoisotopic (exact) mass is 452 g/mol. The lowest BCUT2D eigenvalue weighted by molar-refractivity contribution is -0.0857. The zero-order valence-corrected chi connectivity index (χ0v) is 18.3. The second kappa shape index (κ2) is 8.18. The highest BCUT2D eigenvalue weighted by molar-refractivity contribution is 7.99. The summed E-state index contributed by atoms with van der Waals surface area (Å²) >= 11 is 1.56. The standard InChI is InChI=1S/C20H23F3N6OS/c1-5-31-19-16(18-25-11(2)8-13(20(21,22)23)10-24-29(18)4)26-17(28(19)3)15-9-14(27-30-15)12-6-7-12/h8,10,12,15H,2,5-7,9H2,1,3-4H3/b13-8+,24-10-,25-18-. The molecule has 0 radical (unpaired) electrons. The Morgan fingerprint density at radius 1 is 1.29 bits per heavy atom. The summed E-state index contributed by atoms with van der Waals surface area (Å²) < 4.78 is 41.4. The molecule has 4 rings (SSSR count). The number of halogens is 3. The third-order valence-electron chi connectivity index (χ3n) is 5.17. The van der Waals surface area contributed by atoms with E-state index in [1.807, 2.05) is 18.5 Å². The Kier molecular flexibility index (Phi) is 5.71. The second-order valence-corrected chi connectivity index (χ2v) is 8.82. The van der Waals surface area contributed by atoms with Crippen molar-refractivity contribution in [1.29, 1.82) is 0 Å². The van der Waals surface area contributed by atoms with Gasteiger partial charge >= 0.3 is 6.18 Å². The zero-order valence-electron chi connectivity index (χ0n) is 17.5. The number of alkyl halides is 3. The van der Waals surface area contributed by atoms with Gasteiger partial charge in [0, 0.05) is 26.4 Å². The van der Waals surface area contributed by atoms with Gasteiger partial charge in [0.05, 0.1) is 23.2 Å². The first kappa shape index (κ1) is 21.7. The average molecular weight is 453 g/mol. The van der Waals surface area contributed by atoms with Crippen LogP contribution in [0.15, 0.2) is 44.2 Å². The molecule has 1 fully saturated rings. The maximum atomic E-state index is 13.1. The predicted octanol–water partition coefficient (Wildman–Crippen LogP) is 4.44. The molecule has 1 saturated carbocycles. The fourth-order valence-electron chi connectivity index (χ4n) is 3.45. The van der Waals surface area contributed by atoms with E-state index >= 15 is 0 Å². The highest BCUT2D eigenvalue weighted by Gasteiger charge is 2.38. The largest absolute Gasteiger partial charge is 0.418 e. The number of amidine groups is 1. The third-order valence-corrected chi connectivity index (χ3v) is 6.20. The van der Waals surface area contributed by atoms with Crippen molar-refractivity contribution in [3.8, 4) is 0 Å². The Morgan fingerprint density at radius 3 is 2.68 bits per heavy atom. The quantitative estimate of drug-likeness (QED) is 0.620. The number of hydrogen-bond acceptors (Lipinski definition) is 7. The van der Waals surface area contributed by atoms with Crippen LogP contribution in [-0.4, -0.2) is 51.3 Å². The molecule has 1 aliphatic carbocycles. The molecule has 1 aromatic rings. The number of hydrazone groups is 1. The molecule has 2 aliphatic heterocycles. The predicted molar refractivity (Wildman–Crippen MR) is 114 cm³/mol. The maximum absolute atomic E-state index is 13.1. The lowest BCUT2D eigenvalue weighted by Gasteiger charge is -2.18. The van der Waals surface area contributed by atoms with Gasteiger partial charge in [0.2, 0.25) is 0 Å². The zero-order chi connectivity index (χ0) is 22.3. The molecule has 0 N–H and O–H groups in total. The number of oxime groups is 1. The number of imidazole rings is 1. The molecule has 7 nitrogen and oxygen atoms in total. The van der Waals surface area contributed by atoms with Gasteiger partial charge in [-0.15, -0.1) is 11.8 Å². The minimum Gasteiger partial charge on any atom is -0.384 e. The van der Waals surface area contributed by atoms with Crippen molar-refractivity contribution in [2.75, 3.05) is 12.8 Å². The van der Waals surface area contributed by atoms with Gasteiger partial charge in [-0.2, -0.15) is 18.3 Å². The molecule has 3 heterocycles. The average Bonchev–Trinajstić information content (AvgIpc) is 3.35. The Balaban J connectivity index is 1.71. The molecular weight excluding hydrogens is 429 g/mol. The fraction of sp³-hybridized carbons (Fsp3) is 0.500. The Morgan fingerprint density at radius 2 is 2.03 bits per heavy atom. The highest BCUT2D eigenvalue weighted by Crippen LogP contribution is 2.40. The van der Waals surface area contributed by atoms with Crippen LogP contribution >= 0.6 is 11.8 Å². The summed E-state index contributed by atoms with van der Waals surface area (Å²) in [5, 5.41) is 10.3. The normalized spacial score (nSPS) is 26.4. The van der Waals surface area contributed by atoms with Crippen molar-refractivity contribution < 1.29 is 18.0 Å². The molecule has 1 atom stereocenters. The van der Waals surface area contributed by atoms with Crippen molar-refractivity contribution in [3.63, 3.8) is 0 Å². The van der Waals surface area contributed by atoms with Crippen LogP contribution < -0.4 is 0 Å². The minimum absolute atomic E-state index is 0.0311. The first-order valence-electron chi connectivity index (χ1n) is 9.95. The van der Waals surface area contributed by atoms with E-state index in [-0.39, 0.29) is 11.8 Å². The highest BCUT2D eigenvalue weighted by atomic mass is 32.2. The Hall–Kier alpha value is -2.56. The fourth-order valence-corrected chi connectivity index (χ4v) is 4.28. The summed E-state index contributed by atoms with van der Waals surface area (Å²) in [7, 11) is 3.43. The van der Waals surface area contributed by atoms with E-state index in [4.69, 9.17) is 9.82 Å². The van der Waals surface area contributed by atoms with Gasteiger partial charge in [0.25, 0.3) is 0 Å². The number of nitrogens with zero attached hydrogens (tertiary/aromatic N) is 6. The number of rotatable bonds is 5. The van der Waals surface area contributed by atoms with Crippen LogP contribution in [0.1, 0.15) is 43.8 Å². The molecule has 0 bridgehead atoms. The summed E-state index contributed by atoms with van der Waals surface area (Å²) in [6.07, 6.45) is -0.209. The Bertz CT molecular complexity index is 1020. The van der Waals surface area contributed by atoms with Crippen LogP contribution in [-0.2, 0) is 11.9 Å². The van der Waals surface area contributed by atoms with E-state index in [1.54, 1.807) is 11.8 Å². The van der Waals surface area contributed by atoms with Gasteiger partial charge in [0.1, 0.15) is 10.7 Å². The van der Waals surface area contributed by atoms with Crippen molar-refractivity contribution in [3.05, 3.63) is 35.4 Å². The lowest BCUT2D eigenvalue weighted by Crippen LogP contribution is -2.26. The topological polar surface area (TPSA) is 67.4 Å². The van der Waals surface area contributed by atoms with Crippen LogP contribution in [0, 0.1) is 5.92 Å². The summed E-state index contributed by atoms with van der Waals surface area (Å²) in [5.41, 5.74) is 0.650. The third kappa shape index (κ3) is 4.41. The van der Waals surface area contributed by atoms with Crippen LogP contribution in [0.25, 0.3) is 0 Å². The number of thioether (sulfide) groups is 1. The first-order valence-corrected chi connectivity index (χ1v) is 10.9.